The number of benzene rings is 1. The van der Waals surface area contributed by atoms with E-state index in [1.165, 1.54) is 0 Å². The van der Waals surface area contributed by atoms with Crippen molar-refractivity contribution in [3.05, 3.63) is 53.3 Å². The maximum Gasteiger partial charge on any atom is 0.120 e. The summed E-state index contributed by atoms with van der Waals surface area (Å²) in [7, 11) is 0. The van der Waals surface area contributed by atoms with Gasteiger partial charge in [-0.1, -0.05) is 31.2 Å². The summed E-state index contributed by atoms with van der Waals surface area (Å²) in [5, 5.41) is 15.3. The molecule has 0 radical (unpaired) electrons. The van der Waals surface area contributed by atoms with Gasteiger partial charge in [0.15, 0.2) is 0 Å². The minimum absolute atomic E-state index is 0.115. The quantitative estimate of drug-likeness (QED) is 0.883. The number of aryl methyl sites for hydroxylation is 1. The summed E-state index contributed by atoms with van der Waals surface area (Å²) < 4.78 is 1.87. The molecule has 2 unspecified atom stereocenters. The smallest absolute Gasteiger partial charge is 0.120 e. The van der Waals surface area contributed by atoms with Crippen molar-refractivity contribution in [2.75, 3.05) is 0 Å². The van der Waals surface area contributed by atoms with Crippen LogP contribution in [0.15, 0.2) is 36.7 Å². The van der Waals surface area contributed by atoms with Crippen LogP contribution in [0, 0.1) is 0 Å². The molecule has 3 rings (SSSR count). The molecule has 3 N–H and O–H groups in total. The predicted molar refractivity (Wildman–Crippen MR) is 73.5 cm³/mol. The van der Waals surface area contributed by atoms with Crippen molar-refractivity contribution < 1.29 is 5.11 Å². The second-order valence-corrected chi connectivity index (χ2v) is 5.25. The van der Waals surface area contributed by atoms with Gasteiger partial charge in [0.25, 0.3) is 0 Å². The first-order valence-electron chi connectivity index (χ1n) is 6.75. The maximum atomic E-state index is 11.0. The molecular formula is C15H19N3O. The molecular weight excluding hydrogens is 238 g/mol. The zero-order valence-corrected chi connectivity index (χ0v) is 11.1. The van der Waals surface area contributed by atoms with Crippen molar-refractivity contribution in [3.63, 3.8) is 0 Å². The van der Waals surface area contributed by atoms with Gasteiger partial charge in [-0.25, -0.2) is 0 Å². The fraction of sp³-hybridized carbons (Fsp3) is 0.400. The number of aromatic nitrogens is 2. The Hall–Kier alpha value is -1.65. The van der Waals surface area contributed by atoms with Crippen LogP contribution < -0.4 is 5.73 Å². The number of aliphatic hydroxyl groups is 1. The van der Waals surface area contributed by atoms with E-state index in [4.69, 9.17) is 5.73 Å². The number of nitrogens with two attached hydrogens (primary N) is 1. The number of hydrogen-bond donors (Lipinski definition) is 2. The van der Waals surface area contributed by atoms with Crippen LogP contribution in [0.3, 0.4) is 0 Å². The summed E-state index contributed by atoms with van der Waals surface area (Å²) >= 11 is 0. The Morgan fingerprint density at radius 2 is 2.26 bits per heavy atom. The van der Waals surface area contributed by atoms with Crippen molar-refractivity contribution in [2.24, 2.45) is 5.73 Å². The zero-order valence-electron chi connectivity index (χ0n) is 11.1. The Kier molecular flexibility index (Phi) is 2.92. The second kappa shape index (κ2) is 4.47. The van der Waals surface area contributed by atoms with Crippen LogP contribution in [-0.4, -0.2) is 14.9 Å². The molecule has 1 aliphatic carbocycles. The Morgan fingerprint density at radius 3 is 3.05 bits per heavy atom. The monoisotopic (exact) mass is 257 g/mol. The molecule has 19 heavy (non-hydrogen) atoms. The number of rotatable bonds is 3. The van der Waals surface area contributed by atoms with Gasteiger partial charge >= 0.3 is 0 Å². The lowest BCUT2D eigenvalue weighted by molar-refractivity contribution is 0.0775. The molecule has 1 aromatic heterocycles. The molecule has 100 valence electrons. The van der Waals surface area contributed by atoms with E-state index in [9.17, 15) is 5.11 Å². The average Bonchev–Trinajstić information content (AvgIpc) is 2.97. The Labute approximate surface area is 112 Å². The molecule has 2 atom stereocenters. The van der Waals surface area contributed by atoms with Gasteiger partial charge in [-0.15, -0.1) is 0 Å². The minimum Gasteiger partial charge on any atom is -0.380 e. The molecule has 1 aromatic carbocycles. The zero-order chi connectivity index (χ0) is 13.5. The number of fused-ring (bicyclic) bond motifs is 1. The molecule has 0 amide bonds. The molecule has 0 aliphatic heterocycles. The van der Waals surface area contributed by atoms with Crippen LogP contribution in [0.5, 0.6) is 0 Å². The summed E-state index contributed by atoms with van der Waals surface area (Å²) in [4.78, 5) is 0. The number of hydrogen-bond acceptors (Lipinski definition) is 3. The third-order valence-electron chi connectivity index (χ3n) is 3.88. The lowest BCUT2D eigenvalue weighted by Crippen LogP contribution is -2.24. The normalized spacial score (nSPS) is 25.5. The van der Waals surface area contributed by atoms with Crippen LogP contribution in [0.4, 0.5) is 0 Å². The van der Waals surface area contributed by atoms with E-state index in [0.29, 0.717) is 6.42 Å². The average molecular weight is 257 g/mol. The van der Waals surface area contributed by atoms with Crippen LogP contribution in [0.2, 0.25) is 0 Å². The van der Waals surface area contributed by atoms with Crippen molar-refractivity contribution in [1.82, 2.24) is 9.78 Å². The van der Waals surface area contributed by atoms with Crippen LogP contribution >= 0.6 is 0 Å². The molecule has 0 saturated carbocycles. The molecule has 0 fully saturated rings. The largest absolute Gasteiger partial charge is 0.380 e. The van der Waals surface area contributed by atoms with Crippen molar-refractivity contribution in [3.8, 4) is 0 Å². The Morgan fingerprint density at radius 1 is 1.47 bits per heavy atom. The lowest BCUT2D eigenvalue weighted by Gasteiger charge is -2.22. The van der Waals surface area contributed by atoms with Crippen LogP contribution in [-0.2, 0) is 12.1 Å². The van der Waals surface area contributed by atoms with E-state index in [0.717, 1.165) is 29.7 Å². The number of nitrogens with zero attached hydrogens (tertiary/aromatic N) is 2. The van der Waals surface area contributed by atoms with Gasteiger partial charge in [-0.05, 0) is 17.5 Å². The van der Waals surface area contributed by atoms with Crippen molar-refractivity contribution in [1.29, 1.82) is 0 Å². The van der Waals surface area contributed by atoms with Gasteiger partial charge in [-0.3, -0.25) is 4.68 Å². The second-order valence-electron chi connectivity index (χ2n) is 5.25. The molecule has 1 heterocycles. The fourth-order valence-electron chi connectivity index (χ4n) is 2.94. The summed E-state index contributed by atoms with van der Waals surface area (Å²) in [6.45, 7) is 2.97. The third-order valence-corrected chi connectivity index (χ3v) is 3.88. The van der Waals surface area contributed by atoms with Gasteiger partial charge in [0.1, 0.15) is 5.60 Å². The van der Waals surface area contributed by atoms with E-state index in [-0.39, 0.29) is 6.04 Å². The van der Waals surface area contributed by atoms with E-state index in [2.05, 4.69) is 12.0 Å². The highest BCUT2D eigenvalue weighted by Gasteiger charge is 2.42. The first-order chi connectivity index (χ1) is 9.15. The molecule has 4 heteroatoms. The van der Waals surface area contributed by atoms with E-state index >= 15 is 0 Å². The van der Waals surface area contributed by atoms with Gasteiger partial charge < -0.3 is 10.8 Å². The summed E-state index contributed by atoms with van der Waals surface area (Å²) in [6.07, 6.45) is 5.22. The summed E-state index contributed by atoms with van der Waals surface area (Å²) in [5.74, 6) is 0. The highest BCUT2D eigenvalue weighted by molar-refractivity contribution is 5.46. The highest BCUT2D eigenvalue weighted by Crippen LogP contribution is 2.45. The molecule has 0 saturated heterocycles. The third kappa shape index (κ3) is 1.88. The van der Waals surface area contributed by atoms with E-state index in [1.54, 1.807) is 6.20 Å². The summed E-state index contributed by atoms with van der Waals surface area (Å²) in [6, 6.07) is 7.74. The molecule has 1 aliphatic rings. The molecule has 0 bridgehead atoms. The van der Waals surface area contributed by atoms with E-state index in [1.807, 2.05) is 35.1 Å². The van der Waals surface area contributed by atoms with Crippen molar-refractivity contribution >= 4 is 0 Å². The SMILES string of the molecule is CCCn1cc(C2(O)CC(N)c3ccccc32)cn1. The van der Waals surface area contributed by atoms with Crippen LogP contribution in [0.1, 0.15) is 42.5 Å². The first-order valence-corrected chi connectivity index (χ1v) is 6.75. The lowest BCUT2D eigenvalue weighted by atomic mass is 9.90. The van der Waals surface area contributed by atoms with Gasteiger partial charge in [0, 0.05) is 30.8 Å². The van der Waals surface area contributed by atoms with Gasteiger partial charge in [0.05, 0.1) is 6.20 Å². The topological polar surface area (TPSA) is 64.1 Å². The minimum atomic E-state index is -0.998. The maximum absolute atomic E-state index is 11.0. The standard InChI is InChI=1S/C15H19N3O/c1-2-7-18-10-11(9-17-18)15(19)8-14(16)12-5-3-4-6-13(12)15/h3-6,9-10,14,19H,2,7-8,16H2,1H3. The molecule has 0 spiro atoms. The van der Waals surface area contributed by atoms with Gasteiger partial charge in [-0.2, -0.15) is 5.10 Å². The first kappa shape index (κ1) is 12.4. The van der Waals surface area contributed by atoms with Gasteiger partial charge in [0.2, 0.25) is 0 Å². The Bertz CT molecular complexity index is 593. The predicted octanol–water partition coefficient (Wildman–Crippen LogP) is 1.93. The molecule has 2 aromatic rings. The van der Waals surface area contributed by atoms with Crippen LogP contribution in [0.25, 0.3) is 0 Å². The van der Waals surface area contributed by atoms with Crippen molar-refractivity contribution in [2.45, 2.75) is 38.0 Å². The fourth-order valence-corrected chi connectivity index (χ4v) is 2.94. The summed E-state index contributed by atoms with van der Waals surface area (Å²) in [5.41, 5.74) is 7.92. The van der Waals surface area contributed by atoms with E-state index < -0.39 is 5.60 Å². The molecule has 4 nitrogen and oxygen atoms in total. The highest BCUT2D eigenvalue weighted by atomic mass is 16.3. The Balaban J connectivity index is 2.04.